The lowest BCUT2D eigenvalue weighted by Gasteiger charge is -2.06. The molecule has 9 heteroatoms. The third kappa shape index (κ3) is 3.75. The number of carbonyl (C=O) groups excluding carboxylic acids is 1. The van der Waals surface area contributed by atoms with Crippen molar-refractivity contribution in [2.24, 2.45) is 0 Å². The number of hydrogen-bond acceptors (Lipinski definition) is 7. The van der Waals surface area contributed by atoms with Gasteiger partial charge in [0, 0.05) is 14.1 Å². The normalized spacial score (nSPS) is 10.4. The Bertz CT molecular complexity index is 624. The van der Waals surface area contributed by atoms with Crippen LogP contribution in [-0.2, 0) is 4.74 Å². The fourth-order valence-corrected chi connectivity index (χ4v) is 1.54. The van der Waals surface area contributed by atoms with Crippen molar-refractivity contribution >= 4 is 23.4 Å². The summed E-state index contributed by atoms with van der Waals surface area (Å²) in [7, 11) is 4.48. The molecule has 0 saturated heterocycles. The SMILES string of the molecule is COC(=O)c1cc(C=CN(C)C)c([N+](=O)[O-])cc1[N+](=O)[O-]. The number of benzene rings is 1. The van der Waals surface area contributed by atoms with Crippen molar-refractivity contribution in [3.8, 4) is 0 Å². The fourth-order valence-electron chi connectivity index (χ4n) is 1.54. The van der Waals surface area contributed by atoms with Crippen molar-refractivity contribution in [3.63, 3.8) is 0 Å². The summed E-state index contributed by atoms with van der Waals surface area (Å²) in [5, 5.41) is 22.0. The summed E-state index contributed by atoms with van der Waals surface area (Å²) in [5.41, 5.74) is -1.41. The van der Waals surface area contributed by atoms with Gasteiger partial charge >= 0.3 is 5.97 Å². The fraction of sp³-hybridized carbons (Fsp3) is 0.250. The molecule has 0 aliphatic rings. The van der Waals surface area contributed by atoms with E-state index < -0.39 is 27.2 Å². The molecule has 0 spiro atoms. The Morgan fingerprint density at radius 2 is 1.76 bits per heavy atom. The van der Waals surface area contributed by atoms with Gasteiger partial charge in [-0.05, 0) is 18.3 Å². The van der Waals surface area contributed by atoms with E-state index in [2.05, 4.69) is 4.74 Å². The maximum atomic E-state index is 11.6. The lowest BCUT2D eigenvalue weighted by Crippen LogP contribution is -2.08. The maximum absolute atomic E-state index is 11.6. The van der Waals surface area contributed by atoms with Crippen LogP contribution in [-0.4, -0.2) is 41.9 Å². The highest BCUT2D eigenvalue weighted by atomic mass is 16.6. The number of rotatable bonds is 5. The number of esters is 1. The number of nitrogens with zero attached hydrogens (tertiary/aromatic N) is 3. The van der Waals surface area contributed by atoms with Gasteiger partial charge in [0.1, 0.15) is 5.56 Å². The molecule has 0 aliphatic heterocycles. The molecule has 0 atom stereocenters. The predicted octanol–water partition coefficient (Wildman–Crippen LogP) is 1.82. The molecule has 1 aromatic carbocycles. The summed E-state index contributed by atoms with van der Waals surface area (Å²) in [6.45, 7) is 0. The quantitative estimate of drug-likeness (QED) is 0.462. The van der Waals surface area contributed by atoms with Crippen LogP contribution in [0.5, 0.6) is 0 Å². The second-order valence-electron chi connectivity index (χ2n) is 4.21. The first-order chi connectivity index (χ1) is 9.77. The molecule has 0 heterocycles. The van der Waals surface area contributed by atoms with Gasteiger partial charge in [-0.25, -0.2) is 4.79 Å². The molecule has 0 unspecified atom stereocenters. The Kier molecular flexibility index (Phi) is 4.95. The number of carbonyl (C=O) groups is 1. The molecule has 21 heavy (non-hydrogen) atoms. The molecule has 0 aromatic heterocycles. The summed E-state index contributed by atoms with van der Waals surface area (Å²) in [5.74, 6) is -0.934. The van der Waals surface area contributed by atoms with Crippen molar-refractivity contribution in [2.75, 3.05) is 21.2 Å². The Hall–Kier alpha value is -2.97. The first-order valence-electron chi connectivity index (χ1n) is 5.67. The van der Waals surface area contributed by atoms with Crippen LogP contribution in [0.2, 0.25) is 0 Å². The average Bonchev–Trinajstić information content (AvgIpc) is 2.42. The highest BCUT2D eigenvalue weighted by Gasteiger charge is 2.27. The smallest absolute Gasteiger partial charge is 0.344 e. The zero-order valence-electron chi connectivity index (χ0n) is 11.6. The molecule has 112 valence electrons. The van der Waals surface area contributed by atoms with Crippen molar-refractivity contribution in [1.29, 1.82) is 0 Å². The molecule has 0 N–H and O–H groups in total. The monoisotopic (exact) mass is 295 g/mol. The number of nitro benzene ring substituents is 2. The molecule has 0 bridgehead atoms. The van der Waals surface area contributed by atoms with Gasteiger partial charge in [0.25, 0.3) is 11.4 Å². The highest BCUT2D eigenvalue weighted by Crippen LogP contribution is 2.30. The summed E-state index contributed by atoms with van der Waals surface area (Å²) in [6, 6.07) is 1.82. The number of methoxy groups -OCH3 is 1. The van der Waals surface area contributed by atoms with Crippen LogP contribution >= 0.6 is 0 Å². The number of hydrogen-bond donors (Lipinski definition) is 0. The van der Waals surface area contributed by atoms with Gasteiger partial charge in [0.05, 0.1) is 28.6 Å². The lowest BCUT2D eigenvalue weighted by atomic mass is 10.1. The Balaban J connectivity index is 3.58. The minimum absolute atomic E-state index is 0.0692. The summed E-state index contributed by atoms with van der Waals surface area (Å²) in [4.78, 5) is 33.6. The van der Waals surface area contributed by atoms with Crippen LogP contribution in [0.3, 0.4) is 0 Å². The Morgan fingerprint density at radius 3 is 2.19 bits per heavy atom. The number of nitro groups is 2. The molecule has 0 aliphatic carbocycles. The van der Waals surface area contributed by atoms with Gasteiger partial charge in [-0.1, -0.05) is 0 Å². The minimum Gasteiger partial charge on any atom is -0.465 e. The lowest BCUT2D eigenvalue weighted by molar-refractivity contribution is -0.394. The van der Waals surface area contributed by atoms with Crippen molar-refractivity contribution in [2.45, 2.75) is 0 Å². The molecule has 0 radical (unpaired) electrons. The zero-order valence-corrected chi connectivity index (χ0v) is 11.6. The molecule has 0 amide bonds. The Morgan fingerprint density at radius 1 is 1.19 bits per heavy atom. The molecule has 1 aromatic rings. The van der Waals surface area contributed by atoms with Crippen LogP contribution in [0, 0.1) is 20.2 Å². The molecule has 0 saturated carbocycles. The highest BCUT2D eigenvalue weighted by molar-refractivity contribution is 5.95. The van der Waals surface area contributed by atoms with E-state index >= 15 is 0 Å². The van der Waals surface area contributed by atoms with E-state index in [1.165, 1.54) is 12.3 Å². The number of ether oxygens (including phenoxy) is 1. The van der Waals surface area contributed by atoms with Crippen LogP contribution in [0.25, 0.3) is 6.08 Å². The van der Waals surface area contributed by atoms with Gasteiger partial charge in [-0.15, -0.1) is 0 Å². The van der Waals surface area contributed by atoms with Gasteiger partial charge < -0.3 is 9.64 Å². The third-order valence-electron chi connectivity index (χ3n) is 2.50. The predicted molar refractivity (Wildman–Crippen MR) is 73.8 cm³/mol. The van der Waals surface area contributed by atoms with E-state index in [4.69, 9.17) is 0 Å². The van der Waals surface area contributed by atoms with E-state index in [1.807, 2.05) is 0 Å². The van der Waals surface area contributed by atoms with Gasteiger partial charge in [0.15, 0.2) is 0 Å². The third-order valence-corrected chi connectivity index (χ3v) is 2.50. The second-order valence-corrected chi connectivity index (χ2v) is 4.21. The largest absolute Gasteiger partial charge is 0.465 e. The molecule has 1 rings (SSSR count). The van der Waals surface area contributed by atoms with E-state index in [-0.39, 0.29) is 11.1 Å². The molecule has 9 nitrogen and oxygen atoms in total. The van der Waals surface area contributed by atoms with Gasteiger partial charge in [-0.3, -0.25) is 20.2 Å². The minimum atomic E-state index is -0.934. The van der Waals surface area contributed by atoms with Gasteiger partial charge in [-0.2, -0.15) is 0 Å². The second kappa shape index (κ2) is 6.46. The van der Waals surface area contributed by atoms with E-state index in [0.717, 1.165) is 19.2 Å². The van der Waals surface area contributed by atoms with Crippen LogP contribution in [0.1, 0.15) is 15.9 Å². The molecular weight excluding hydrogens is 282 g/mol. The van der Waals surface area contributed by atoms with Gasteiger partial charge in [0.2, 0.25) is 0 Å². The summed E-state index contributed by atoms with van der Waals surface area (Å²) in [6.07, 6.45) is 2.91. The zero-order chi connectivity index (χ0) is 16.2. The Labute approximate surface area is 119 Å². The average molecular weight is 295 g/mol. The topological polar surface area (TPSA) is 116 Å². The summed E-state index contributed by atoms with van der Waals surface area (Å²) < 4.78 is 4.46. The van der Waals surface area contributed by atoms with Crippen molar-refractivity contribution in [1.82, 2.24) is 4.90 Å². The van der Waals surface area contributed by atoms with Crippen LogP contribution in [0.4, 0.5) is 11.4 Å². The van der Waals surface area contributed by atoms with Crippen LogP contribution < -0.4 is 0 Å². The summed E-state index contributed by atoms with van der Waals surface area (Å²) >= 11 is 0. The first-order valence-corrected chi connectivity index (χ1v) is 5.67. The van der Waals surface area contributed by atoms with Crippen molar-refractivity contribution < 1.29 is 19.4 Å². The standard InChI is InChI=1S/C12H13N3O6/c1-13(2)5-4-8-6-9(12(16)21-3)11(15(19)20)7-10(8)14(17)18/h4-7H,1-3H3. The first kappa shape index (κ1) is 16.1. The van der Waals surface area contributed by atoms with E-state index in [9.17, 15) is 25.0 Å². The molecular formula is C12H13N3O6. The molecule has 0 fully saturated rings. The maximum Gasteiger partial charge on any atom is 0.344 e. The van der Waals surface area contributed by atoms with Crippen LogP contribution in [0.15, 0.2) is 18.3 Å². The van der Waals surface area contributed by atoms with E-state index in [1.54, 1.807) is 19.0 Å². The van der Waals surface area contributed by atoms with Crippen molar-refractivity contribution in [3.05, 3.63) is 49.7 Å². The van der Waals surface area contributed by atoms with E-state index in [0.29, 0.717) is 0 Å².